The average Bonchev–Trinajstić information content (AvgIpc) is 2.82. The molecule has 1 aromatic heterocycles. The number of ether oxygens (including phenoxy) is 4. The van der Waals surface area contributed by atoms with Crippen molar-refractivity contribution in [3.63, 3.8) is 0 Å². The normalized spacial score (nSPS) is 14.9. The van der Waals surface area contributed by atoms with Crippen molar-refractivity contribution in [2.45, 2.75) is 73.1 Å². The number of methoxy groups -OCH3 is 1. The molecule has 204 valence electrons. The molecule has 3 rings (SSSR count). The lowest BCUT2D eigenvalue weighted by molar-refractivity contribution is -0.157. The maximum absolute atomic E-state index is 12.9. The molecule has 0 atom stereocenters. The molecule has 1 aromatic carbocycles. The van der Waals surface area contributed by atoms with E-state index in [9.17, 15) is 14.4 Å². The van der Waals surface area contributed by atoms with Gasteiger partial charge < -0.3 is 23.8 Å². The average molecular weight is 518 g/mol. The van der Waals surface area contributed by atoms with Crippen LogP contribution in [0.15, 0.2) is 23.3 Å². The van der Waals surface area contributed by atoms with E-state index in [0.29, 0.717) is 48.0 Å². The summed E-state index contributed by atoms with van der Waals surface area (Å²) in [7, 11) is 1.51. The van der Waals surface area contributed by atoms with Crippen molar-refractivity contribution in [2.24, 2.45) is 11.3 Å². The molecule has 1 aliphatic heterocycles. The first kappa shape index (κ1) is 28.3. The van der Waals surface area contributed by atoms with E-state index in [0.717, 1.165) is 19.3 Å². The van der Waals surface area contributed by atoms with Crippen LogP contribution in [0.3, 0.4) is 0 Å². The number of benzene rings is 1. The van der Waals surface area contributed by atoms with E-state index in [2.05, 4.69) is 4.98 Å². The van der Waals surface area contributed by atoms with Crippen LogP contribution in [0.4, 0.5) is 4.79 Å². The Morgan fingerprint density at radius 2 is 1.73 bits per heavy atom. The minimum Gasteiger partial charge on any atom is -0.493 e. The topological polar surface area (TPSA) is 109 Å². The summed E-state index contributed by atoms with van der Waals surface area (Å²) in [5, 5.41) is 0.341. The Bertz CT molecular complexity index is 1170. The quantitative estimate of drug-likeness (QED) is 0.498. The highest BCUT2D eigenvalue weighted by Gasteiger charge is 2.27. The zero-order valence-electron chi connectivity index (χ0n) is 23.0. The second kappa shape index (κ2) is 11.4. The molecule has 0 aliphatic carbocycles. The zero-order chi connectivity index (χ0) is 27.4. The molecule has 0 unspecified atom stereocenters. The minimum atomic E-state index is -0.668. The Balaban J connectivity index is 1.59. The number of aromatic nitrogens is 2. The molecule has 2 heterocycles. The molecule has 0 N–H and O–H groups in total. The van der Waals surface area contributed by atoms with E-state index in [1.807, 2.05) is 20.8 Å². The van der Waals surface area contributed by atoms with E-state index in [1.54, 1.807) is 37.8 Å². The molecule has 0 radical (unpaired) electrons. The highest BCUT2D eigenvalue weighted by molar-refractivity contribution is 5.81. The summed E-state index contributed by atoms with van der Waals surface area (Å²) in [5.41, 5.74) is -1.04. The van der Waals surface area contributed by atoms with Crippen molar-refractivity contribution < 1.29 is 28.5 Å². The molecule has 0 saturated carbocycles. The predicted molar refractivity (Wildman–Crippen MR) is 139 cm³/mol. The maximum atomic E-state index is 12.9. The molecule has 0 spiro atoms. The molecule has 1 amide bonds. The Morgan fingerprint density at radius 1 is 1.05 bits per heavy atom. The zero-order valence-corrected chi connectivity index (χ0v) is 23.0. The third kappa shape index (κ3) is 7.60. The third-order valence-corrected chi connectivity index (χ3v) is 6.11. The number of rotatable bonds is 7. The fourth-order valence-corrected chi connectivity index (χ4v) is 3.94. The second-order valence-corrected chi connectivity index (χ2v) is 11.4. The van der Waals surface area contributed by atoms with E-state index in [1.165, 1.54) is 18.0 Å². The largest absolute Gasteiger partial charge is 0.493 e. The van der Waals surface area contributed by atoms with E-state index in [4.69, 9.17) is 18.9 Å². The molecular formula is C27H39N3O7. The number of carbonyl (C=O) groups excluding carboxylic acids is 2. The van der Waals surface area contributed by atoms with Crippen molar-refractivity contribution >= 4 is 23.0 Å². The van der Waals surface area contributed by atoms with E-state index < -0.39 is 17.0 Å². The molecule has 10 heteroatoms. The Morgan fingerprint density at radius 3 is 2.32 bits per heavy atom. The highest BCUT2D eigenvalue weighted by Crippen LogP contribution is 2.31. The lowest BCUT2D eigenvalue weighted by Gasteiger charge is -2.33. The fraction of sp³-hybridized carbons (Fsp3) is 0.630. The first-order valence-corrected chi connectivity index (χ1v) is 12.6. The standard InChI is InChI=1S/C27H39N3O7/c1-26(2,3)24(32)36-17-30-16-28-20-15-22(21(34-7)14-19(20)23(30)31)35-13-10-18-8-11-29(12-9-18)25(33)37-27(4,5)6/h14-16,18H,8-13,17H2,1-7H3. The van der Waals surface area contributed by atoms with Crippen LogP contribution in [0.25, 0.3) is 10.9 Å². The number of esters is 1. The van der Waals surface area contributed by atoms with Gasteiger partial charge in [0.1, 0.15) is 11.9 Å². The fourth-order valence-electron chi connectivity index (χ4n) is 3.94. The van der Waals surface area contributed by atoms with Crippen molar-refractivity contribution in [1.82, 2.24) is 14.5 Å². The lowest BCUT2D eigenvalue weighted by Crippen LogP contribution is -2.41. The van der Waals surface area contributed by atoms with E-state index >= 15 is 0 Å². The molecule has 1 saturated heterocycles. The first-order chi connectivity index (χ1) is 17.3. The summed E-state index contributed by atoms with van der Waals surface area (Å²) in [6.07, 6.45) is 3.70. The molecule has 2 aromatic rings. The van der Waals surface area contributed by atoms with Crippen LogP contribution >= 0.6 is 0 Å². The van der Waals surface area contributed by atoms with Gasteiger partial charge in [0.15, 0.2) is 18.2 Å². The van der Waals surface area contributed by atoms with Gasteiger partial charge in [-0.3, -0.25) is 14.2 Å². The van der Waals surface area contributed by atoms with E-state index in [-0.39, 0.29) is 18.4 Å². The van der Waals surface area contributed by atoms with Gasteiger partial charge in [0, 0.05) is 19.2 Å². The van der Waals surface area contributed by atoms with Gasteiger partial charge in [-0.1, -0.05) is 0 Å². The number of likely N-dealkylation sites (tertiary alicyclic amines) is 1. The molecule has 1 aliphatic rings. The van der Waals surface area contributed by atoms with Crippen LogP contribution in [0.1, 0.15) is 60.8 Å². The molecule has 1 fully saturated rings. The smallest absolute Gasteiger partial charge is 0.410 e. The lowest BCUT2D eigenvalue weighted by atomic mass is 9.94. The number of hydrogen-bond donors (Lipinski definition) is 0. The Hall–Kier alpha value is -3.30. The van der Waals surface area contributed by atoms with Gasteiger partial charge in [-0.15, -0.1) is 0 Å². The number of fused-ring (bicyclic) bond motifs is 1. The van der Waals surface area contributed by atoms with Crippen LogP contribution in [-0.2, 0) is 21.0 Å². The molecule has 10 nitrogen and oxygen atoms in total. The maximum Gasteiger partial charge on any atom is 0.410 e. The summed E-state index contributed by atoms with van der Waals surface area (Å²) in [6.45, 7) is 12.4. The highest BCUT2D eigenvalue weighted by atomic mass is 16.6. The second-order valence-electron chi connectivity index (χ2n) is 11.4. The Labute approximate surface area is 217 Å². The minimum absolute atomic E-state index is 0.217. The van der Waals surface area contributed by atoms with Gasteiger partial charge in [-0.2, -0.15) is 0 Å². The number of nitrogens with zero attached hydrogens (tertiary/aromatic N) is 3. The molecule has 37 heavy (non-hydrogen) atoms. The summed E-state index contributed by atoms with van der Waals surface area (Å²) in [5.74, 6) is 0.961. The van der Waals surface area contributed by atoms with Gasteiger partial charge >= 0.3 is 12.1 Å². The number of carbonyl (C=O) groups is 2. The number of hydrogen-bond acceptors (Lipinski definition) is 8. The molecular weight excluding hydrogens is 478 g/mol. The van der Waals surface area contributed by atoms with Crippen molar-refractivity contribution in [3.05, 3.63) is 28.8 Å². The van der Waals surface area contributed by atoms with Crippen LogP contribution in [0.5, 0.6) is 11.5 Å². The summed E-state index contributed by atoms with van der Waals surface area (Å²) < 4.78 is 23.4. The van der Waals surface area contributed by atoms with Gasteiger partial charge in [0.05, 0.1) is 30.0 Å². The van der Waals surface area contributed by atoms with Gasteiger partial charge in [0.25, 0.3) is 5.56 Å². The van der Waals surface area contributed by atoms with Crippen LogP contribution in [-0.4, -0.2) is 58.9 Å². The van der Waals surface area contributed by atoms with Gasteiger partial charge in [-0.05, 0) is 72.8 Å². The Kier molecular flexibility index (Phi) is 8.71. The van der Waals surface area contributed by atoms with Crippen LogP contribution in [0.2, 0.25) is 0 Å². The van der Waals surface area contributed by atoms with Gasteiger partial charge in [0.2, 0.25) is 0 Å². The number of piperidine rings is 1. The van der Waals surface area contributed by atoms with Crippen LogP contribution in [0, 0.1) is 11.3 Å². The monoisotopic (exact) mass is 517 g/mol. The first-order valence-electron chi connectivity index (χ1n) is 12.6. The summed E-state index contributed by atoms with van der Waals surface area (Å²) >= 11 is 0. The van der Waals surface area contributed by atoms with Crippen molar-refractivity contribution in [3.8, 4) is 11.5 Å². The summed E-state index contributed by atoms with van der Waals surface area (Å²) in [4.78, 5) is 43.4. The predicted octanol–water partition coefficient (Wildman–Crippen LogP) is 4.37. The van der Waals surface area contributed by atoms with Crippen molar-refractivity contribution in [2.75, 3.05) is 26.8 Å². The summed E-state index contributed by atoms with van der Waals surface area (Å²) in [6, 6.07) is 3.29. The number of amides is 1. The van der Waals surface area contributed by atoms with Gasteiger partial charge in [-0.25, -0.2) is 9.78 Å². The SMILES string of the molecule is COc1cc2c(=O)n(COC(=O)C(C)(C)C)cnc2cc1OCCC1CCN(C(=O)OC(C)(C)C)CC1. The molecule has 0 bridgehead atoms. The van der Waals surface area contributed by atoms with Crippen molar-refractivity contribution in [1.29, 1.82) is 0 Å². The third-order valence-electron chi connectivity index (χ3n) is 6.11. The van der Waals surface area contributed by atoms with Crippen LogP contribution < -0.4 is 15.0 Å².